The molecule has 2 aromatic carbocycles. The topological polar surface area (TPSA) is 66.8 Å². The molecule has 0 spiro atoms. The van der Waals surface area contributed by atoms with Crippen molar-refractivity contribution in [3.8, 4) is 5.75 Å². The van der Waals surface area contributed by atoms with E-state index in [1.165, 1.54) is 12.5 Å². The van der Waals surface area contributed by atoms with Gasteiger partial charge in [0.1, 0.15) is 5.75 Å². The van der Waals surface area contributed by atoms with Crippen LogP contribution >= 0.6 is 0 Å². The Bertz CT molecular complexity index is 800. The zero-order chi connectivity index (χ0) is 19.2. The van der Waals surface area contributed by atoms with E-state index < -0.39 is 0 Å². The maximum absolute atomic E-state index is 12.4. The van der Waals surface area contributed by atoms with Gasteiger partial charge >= 0.3 is 0 Å². The van der Waals surface area contributed by atoms with Gasteiger partial charge in [0.05, 0.1) is 6.61 Å². The lowest BCUT2D eigenvalue weighted by Gasteiger charge is -2.17. The van der Waals surface area contributed by atoms with E-state index >= 15 is 0 Å². The van der Waals surface area contributed by atoms with Gasteiger partial charge in [-0.3, -0.25) is 9.59 Å². The van der Waals surface area contributed by atoms with Crippen molar-refractivity contribution < 1.29 is 19.4 Å². The van der Waals surface area contributed by atoms with Crippen molar-refractivity contribution in [1.29, 1.82) is 0 Å². The van der Waals surface area contributed by atoms with Crippen LogP contribution in [-0.2, 0) is 17.8 Å². The van der Waals surface area contributed by atoms with Gasteiger partial charge in [0, 0.05) is 18.7 Å². The Hall–Kier alpha value is -2.66. The van der Waals surface area contributed by atoms with Crippen LogP contribution in [0.5, 0.6) is 5.75 Å². The van der Waals surface area contributed by atoms with Crippen molar-refractivity contribution >= 4 is 11.7 Å². The number of amides is 1. The molecule has 0 aromatic heterocycles. The molecule has 0 saturated carbocycles. The molecule has 0 bridgehead atoms. The molecule has 0 radical (unpaired) electrons. The zero-order valence-corrected chi connectivity index (χ0v) is 15.6. The summed E-state index contributed by atoms with van der Waals surface area (Å²) >= 11 is 0. The molecule has 1 atom stereocenters. The summed E-state index contributed by atoms with van der Waals surface area (Å²) in [5, 5.41) is 9.25. The van der Waals surface area contributed by atoms with Crippen LogP contribution in [0.3, 0.4) is 0 Å². The van der Waals surface area contributed by atoms with Gasteiger partial charge in [-0.2, -0.15) is 0 Å². The van der Waals surface area contributed by atoms with Crippen molar-refractivity contribution in [3.05, 3.63) is 65.2 Å². The van der Waals surface area contributed by atoms with Crippen LogP contribution in [0.15, 0.2) is 48.5 Å². The number of aliphatic hydroxyl groups excluding tert-OH is 1. The summed E-state index contributed by atoms with van der Waals surface area (Å²) in [4.78, 5) is 25.5. The van der Waals surface area contributed by atoms with Gasteiger partial charge in [-0.1, -0.05) is 24.3 Å². The van der Waals surface area contributed by atoms with E-state index in [-0.39, 0.29) is 24.9 Å². The highest BCUT2D eigenvalue weighted by molar-refractivity contribution is 5.94. The second-order valence-corrected chi connectivity index (χ2v) is 7.05. The minimum atomic E-state index is -0.0164. The standard InChI is InChI=1S/C22H25NO4/c1-16(25)20-5-7-21(8-6-20)27-15-22(26)23-10-9-18(13-23)11-17-3-2-4-19(12-17)14-24/h2-8,12,18,24H,9-11,13-15H2,1H3/t18-/m1/s1. The molecule has 5 nitrogen and oxygen atoms in total. The number of rotatable bonds is 7. The maximum Gasteiger partial charge on any atom is 0.260 e. The molecule has 1 aliphatic rings. The Kier molecular flexibility index (Phi) is 6.24. The molecule has 1 aliphatic heterocycles. The lowest BCUT2D eigenvalue weighted by atomic mass is 9.97. The number of carbonyl (C=O) groups excluding carboxylic acids is 2. The van der Waals surface area contributed by atoms with Crippen molar-refractivity contribution in [2.75, 3.05) is 19.7 Å². The van der Waals surface area contributed by atoms with Crippen LogP contribution in [0, 0.1) is 5.92 Å². The number of Topliss-reactive ketones (excluding diaryl/α,β-unsaturated/α-hetero) is 1. The Morgan fingerprint density at radius 1 is 1.15 bits per heavy atom. The van der Waals surface area contributed by atoms with Crippen molar-refractivity contribution in [1.82, 2.24) is 4.90 Å². The Morgan fingerprint density at radius 3 is 2.59 bits per heavy atom. The van der Waals surface area contributed by atoms with E-state index in [2.05, 4.69) is 6.07 Å². The van der Waals surface area contributed by atoms with Crippen LogP contribution in [0.2, 0.25) is 0 Å². The first kappa shape index (κ1) is 19.1. The summed E-state index contributed by atoms with van der Waals surface area (Å²) < 4.78 is 5.57. The number of likely N-dealkylation sites (tertiary alicyclic amines) is 1. The van der Waals surface area contributed by atoms with E-state index in [1.54, 1.807) is 24.3 Å². The third-order valence-corrected chi connectivity index (χ3v) is 4.96. The van der Waals surface area contributed by atoms with Gasteiger partial charge in [-0.25, -0.2) is 0 Å². The van der Waals surface area contributed by atoms with Crippen LogP contribution in [0.25, 0.3) is 0 Å². The van der Waals surface area contributed by atoms with Crippen LogP contribution in [0.1, 0.15) is 34.8 Å². The SMILES string of the molecule is CC(=O)c1ccc(OCC(=O)N2CC[C@H](Cc3cccc(CO)c3)C2)cc1. The smallest absolute Gasteiger partial charge is 0.260 e. The first-order chi connectivity index (χ1) is 13.0. The zero-order valence-electron chi connectivity index (χ0n) is 15.6. The third kappa shape index (κ3) is 5.17. The summed E-state index contributed by atoms with van der Waals surface area (Å²) in [5.74, 6) is 1.00. The number of hydrogen-bond acceptors (Lipinski definition) is 4. The summed E-state index contributed by atoms with van der Waals surface area (Å²) in [6.07, 6.45) is 1.88. The monoisotopic (exact) mass is 367 g/mol. The number of carbonyl (C=O) groups is 2. The summed E-state index contributed by atoms with van der Waals surface area (Å²) in [5.41, 5.74) is 2.74. The van der Waals surface area contributed by atoms with Gasteiger partial charge in [0.25, 0.3) is 5.91 Å². The molecule has 5 heteroatoms. The first-order valence-corrected chi connectivity index (χ1v) is 9.25. The maximum atomic E-state index is 12.4. The fourth-order valence-corrected chi connectivity index (χ4v) is 3.44. The number of ether oxygens (including phenoxy) is 1. The Balaban J connectivity index is 1.47. The minimum absolute atomic E-state index is 0.00487. The second kappa shape index (κ2) is 8.82. The van der Waals surface area contributed by atoms with E-state index in [0.717, 1.165) is 31.5 Å². The molecule has 0 unspecified atom stereocenters. The van der Waals surface area contributed by atoms with Crippen LogP contribution in [-0.4, -0.2) is 41.4 Å². The predicted molar refractivity (Wildman–Crippen MR) is 103 cm³/mol. The second-order valence-electron chi connectivity index (χ2n) is 7.05. The van der Waals surface area contributed by atoms with Gasteiger partial charge in [0.2, 0.25) is 0 Å². The molecule has 3 rings (SSSR count). The summed E-state index contributed by atoms with van der Waals surface area (Å²) in [6, 6.07) is 14.8. The van der Waals surface area contributed by atoms with E-state index in [0.29, 0.717) is 17.2 Å². The molecule has 1 heterocycles. The molecule has 142 valence electrons. The van der Waals surface area contributed by atoms with Gasteiger partial charge in [0.15, 0.2) is 12.4 Å². The molecule has 1 amide bonds. The molecular formula is C22H25NO4. The average Bonchev–Trinajstić information content (AvgIpc) is 3.15. The molecule has 1 saturated heterocycles. The molecule has 2 aromatic rings. The van der Waals surface area contributed by atoms with Crippen molar-refractivity contribution in [3.63, 3.8) is 0 Å². The lowest BCUT2D eigenvalue weighted by molar-refractivity contribution is -0.132. The highest BCUT2D eigenvalue weighted by Gasteiger charge is 2.26. The predicted octanol–water partition coefficient (Wildman–Crippen LogP) is 2.85. The number of benzene rings is 2. The molecule has 27 heavy (non-hydrogen) atoms. The van der Waals surface area contributed by atoms with Crippen molar-refractivity contribution in [2.24, 2.45) is 5.92 Å². The quantitative estimate of drug-likeness (QED) is 0.764. The van der Waals surface area contributed by atoms with E-state index in [4.69, 9.17) is 4.74 Å². The first-order valence-electron chi connectivity index (χ1n) is 9.25. The number of aliphatic hydroxyl groups is 1. The molecular weight excluding hydrogens is 342 g/mol. The Morgan fingerprint density at radius 2 is 1.89 bits per heavy atom. The number of nitrogens with zero attached hydrogens (tertiary/aromatic N) is 1. The normalized spacial score (nSPS) is 16.4. The lowest BCUT2D eigenvalue weighted by Crippen LogP contribution is -2.33. The fraction of sp³-hybridized carbons (Fsp3) is 0.364. The van der Waals surface area contributed by atoms with Gasteiger partial charge < -0.3 is 14.7 Å². The summed E-state index contributed by atoms with van der Waals surface area (Å²) in [7, 11) is 0. The highest BCUT2D eigenvalue weighted by atomic mass is 16.5. The molecule has 1 N–H and O–H groups in total. The Labute approximate surface area is 159 Å². The minimum Gasteiger partial charge on any atom is -0.484 e. The van der Waals surface area contributed by atoms with E-state index in [9.17, 15) is 14.7 Å². The third-order valence-electron chi connectivity index (χ3n) is 4.96. The van der Waals surface area contributed by atoms with Gasteiger partial charge in [-0.05, 0) is 61.1 Å². The number of ketones is 1. The van der Waals surface area contributed by atoms with Crippen LogP contribution in [0.4, 0.5) is 0 Å². The molecule has 0 aliphatic carbocycles. The largest absolute Gasteiger partial charge is 0.484 e. The highest BCUT2D eigenvalue weighted by Crippen LogP contribution is 2.22. The summed E-state index contributed by atoms with van der Waals surface area (Å²) in [6.45, 7) is 3.05. The average molecular weight is 367 g/mol. The van der Waals surface area contributed by atoms with Crippen molar-refractivity contribution in [2.45, 2.75) is 26.4 Å². The van der Waals surface area contributed by atoms with E-state index in [1.807, 2.05) is 23.1 Å². The fourth-order valence-electron chi connectivity index (χ4n) is 3.44. The van der Waals surface area contributed by atoms with Gasteiger partial charge in [-0.15, -0.1) is 0 Å². The van der Waals surface area contributed by atoms with Crippen LogP contribution < -0.4 is 4.74 Å². The number of hydrogen-bond donors (Lipinski definition) is 1. The molecule has 1 fully saturated rings.